The highest BCUT2D eigenvalue weighted by Gasteiger charge is 2.29. The fourth-order valence-corrected chi connectivity index (χ4v) is 1.13. The van der Waals surface area contributed by atoms with Gasteiger partial charge in [0.25, 0.3) is 0 Å². The number of hydrogen-bond donors (Lipinski definition) is 1. The summed E-state index contributed by atoms with van der Waals surface area (Å²) in [5, 5.41) is 0. The molecule has 0 spiro atoms. The molecule has 0 atom stereocenters. The van der Waals surface area contributed by atoms with Gasteiger partial charge >= 0.3 is 0 Å². The van der Waals surface area contributed by atoms with E-state index in [1.165, 1.54) is 0 Å². The van der Waals surface area contributed by atoms with Crippen LogP contribution in [-0.2, 0) is 4.79 Å². The van der Waals surface area contributed by atoms with E-state index in [-0.39, 0.29) is 11.8 Å². The molecular formula is C6H11NO. The number of primary amides is 1. The highest BCUT2D eigenvalue weighted by Crippen LogP contribution is 2.32. The minimum atomic E-state index is -0.122. The molecule has 0 saturated heterocycles. The van der Waals surface area contributed by atoms with E-state index in [2.05, 4.69) is 6.92 Å². The lowest BCUT2D eigenvalue weighted by atomic mass is 9.76. The van der Waals surface area contributed by atoms with Crippen LogP contribution in [0.4, 0.5) is 0 Å². The second-order valence-corrected chi connectivity index (χ2v) is 2.68. The summed E-state index contributed by atoms with van der Waals surface area (Å²) in [5.74, 6) is 0.806. The van der Waals surface area contributed by atoms with Crippen molar-refractivity contribution in [2.45, 2.75) is 19.8 Å². The first kappa shape index (κ1) is 5.60. The second-order valence-electron chi connectivity index (χ2n) is 2.68. The van der Waals surface area contributed by atoms with Crippen molar-refractivity contribution in [2.75, 3.05) is 0 Å². The number of carbonyl (C=O) groups excluding carboxylic acids is 1. The molecule has 0 aromatic carbocycles. The molecule has 1 fully saturated rings. The Morgan fingerprint density at radius 3 is 2.25 bits per heavy atom. The average molecular weight is 113 g/mol. The zero-order chi connectivity index (χ0) is 6.15. The second kappa shape index (κ2) is 1.77. The Bertz CT molecular complexity index is 105. The van der Waals surface area contributed by atoms with Crippen molar-refractivity contribution >= 4 is 5.91 Å². The SMILES string of the molecule is C[C@H]1C[C@H](C(N)=O)C1. The molecule has 1 aliphatic rings. The molecule has 2 N–H and O–H groups in total. The third-order valence-electron chi connectivity index (χ3n) is 1.78. The van der Waals surface area contributed by atoms with Crippen molar-refractivity contribution < 1.29 is 4.79 Å². The Morgan fingerprint density at radius 1 is 1.62 bits per heavy atom. The van der Waals surface area contributed by atoms with E-state index >= 15 is 0 Å². The van der Waals surface area contributed by atoms with Crippen molar-refractivity contribution in [3.05, 3.63) is 0 Å². The Kier molecular flexibility index (Phi) is 1.24. The molecule has 0 unspecified atom stereocenters. The molecule has 0 bridgehead atoms. The predicted molar refractivity (Wildman–Crippen MR) is 31.1 cm³/mol. The number of rotatable bonds is 1. The first-order valence-corrected chi connectivity index (χ1v) is 2.99. The minimum Gasteiger partial charge on any atom is -0.369 e. The van der Waals surface area contributed by atoms with E-state index in [9.17, 15) is 4.79 Å². The molecule has 0 aromatic rings. The van der Waals surface area contributed by atoms with Gasteiger partial charge in [0.1, 0.15) is 0 Å². The van der Waals surface area contributed by atoms with Crippen molar-refractivity contribution in [1.29, 1.82) is 0 Å². The maximum Gasteiger partial charge on any atom is 0.220 e. The molecule has 1 saturated carbocycles. The van der Waals surface area contributed by atoms with Gasteiger partial charge in [0.15, 0.2) is 0 Å². The lowest BCUT2D eigenvalue weighted by Crippen LogP contribution is -2.33. The summed E-state index contributed by atoms with van der Waals surface area (Å²) in [7, 11) is 0. The summed E-state index contributed by atoms with van der Waals surface area (Å²) < 4.78 is 0. The lowest BCUT2D eigenvalue weighted by molar-refractivity contribution is -0.125. The highest BCUT2D eigenvalue weighted by atomic mass is 16.1. The number of carbonyl (C=O) groups is 1. The van der Waals surface area contributed by atoms with Crippen LogP contribution in [0.2, 0.25) is 0 Å². The minimum absolute atomic E-state index is 0.122. The molecule has 0 heterocycles. The fraction of sp³-hybridized carbons (Fsp3) is 0.833. The van der Waals surface area contributed by atoms with Crippen LogP contribution in [-0.4, -0.2) is 5.91 Å². The number of nitrogens with two attached hydrogens (primary N) is 1. The third-order valence-corrected chi connectivity index (χ3v) is 1.78. The van der Waals surface area contributed by atoms with Crippen LogP contribution >= 0.6 is 0 Å². The zero-order valence-corrected chi connectivity index (χ0v) is 5.05. The molecule has 1 rings (SSSR count). The van der Waals surface area contributed by atoms with Gasteiger partial charge in [-0.1, -0.05) is 6.92 Å². The van der Waals surface area contributed by atoms with Gasteiger partial charge < -0.3 is 5.73 Å². The molecule has 2 nitrogen and oxygen atoms in total. The molecule has 8 heavy (non-hydrogen) atoms. The maximum atomic E-state index is 10.3. The number of hydrogen-bond acceptors (Lipinski definition) is 1. The summed E-state index contributed by atoms with van der Waals surface area (Å²) >= 11 is 0. The van der Waals surface area contributed by atoms with Crippen LogP contribution in [0, 0.1) is 11.8 Å². The average Bonchev–Trinajstić information content (AvgIpc) is 1.57. The van der Waals surface area contributed by atoms with Gasteiger partial charge in [-0.15, -0.1) is 0 Å². The van der Waals surface area contributed by atoms with Crippen LogP contribution in [0.3, 0.4) is 0 Å². The van der Waals surface area contributed by atoms with Gasteiger partial charge in [0, 0.05) is 5.92 Å². The molecule has 1 aliphatic carbocycles. The quantitative estimate of drug-likeness (QED) is 0.529. The molecule has 0 aromatic heterocycles. The fourth-order valence-electron chi connectivity index (χ4n) is 1.13. The topological polar surface area (TPSA) is 43.1 Å². The maximum absolute atomic E-state index is 10.3. The Hall–Kier alpha value is -0.530. The summed E-state index contributed by atoms with van der Waals surface area (Å²) in [6, 6.07) is 0. The first-order valence-electron chi connectivity index (χ1n) is 2.99. The van der Waals surface area contributed by atoms with Gasteiger partial charge in [-0.05, 0) is 18.8 Å². The molecular weight excluding hydrogens is 102 g/mol. The highest BCUT2D eigenvalue weighted by molar-refractivity contribution is 5.77. The van der Waals surface area contributed by atoms with Crippen molar-refractivity contribution in [3.8, 4) is 0 Å². The first-order chi connectivity index (χ1) is 3.70. The molecule has 46 valence electrons. The summed E-state index contributed by atoms with van der Waals surface area (Å²) in [6.45, 7) is 2.14. The number of amides is 1. The zero-order valence-electron chi connectivity index (χ0n) is 5.05. The monoisotopic (exact) mass is 113 g/mol. The summed E-state index contributed by atoms with van der Waals surface area (Å²) in [5.41, 5.74) is 5.02. The van der Waals surface area contributed by atoms with Crippen LogP contribution < -0.4 is 5.73 Å². The Morgan fingerprint density at radius 2 is 2.12 bits per heavy atom. The summed E-state index contributed by atoms with van der Waals surface area (Å²) in [6.07, 6.45) is 2.02. The van der Waals surface area contributed by atoms with Crippen LogP contribution in [0.5, 0.6) is 0 Å². The summed E-state index contributed by atoms with van der Waals surface area (Å²) in [4.78, 5) is 10.3. The molecule has 0 aliphatic heterocycles. The van der Waals surface area contributed by atoms with Gasteiger partial charge in [0.05, 0.1) is 0 Å². The normalized spacial score (nSPS) is 36.1. The Labute approximate surface area is 49.1 Å². The van der Waals surface area contributed by atoms with Gasteiger partial charge in [0.2, 0.25) is 5.91 Å². The van der Waals surface area contributed by atoms with Gasteiger partial charge in [-0.2, -0.15) is 0 Å². The van der Waals surface area contributed by atoms with Crippen molar-refractivity contribution in [3.63, 3.8) is 0 Å². The van der Waals surface area contributed by atoms with E-state index < -0.39 is 0 Å². The van der Waals surface area contributed by atoms with Crippen LogP contribution in [0.15, 0.2) is 0 Å². The Balaban J connectivity index is 2.25. The molecule has 2 heteroatoms. The van der Waals surface area contributed by atoms with E-state index in [0.29, 0.717) is 0 Å². The molecule has 1 amide bonds. The standard InChI is InChI=1S/C6H11NO/c1-4-2-5(3-4)6(7)8/h4-5H,2-3H2,1H3,(H2,7,8)/t4-,5-. The van der Waals surface area contributed by atoms with Gasteiger partial charge in [-0.3, -0.25) is 4.79 Å². The van der Waals surface area contributed by atoms with Crippen molar-refractivity contribution in [1.82, 2.24) is 0 Å². The van der Waals surface area contributed by atoms with Crippen molar-refractivity contribution in [2.24, 2.45) is 17.6 Å². The van der Waals surface area contributed by atoms with E-state index in [4.69, 9.17) is 5.73 Å². The lowest BCUT2D eigenvalue weighted by Gasteiger charge is -2.29. The van der Waals surface area contributed by atoms with E-state index in [1.54, 1.807) is 0 Å². The van der Waals surface area contributed by atoms with Gasteiger partial charge in [-0.25, -0.2) is 0 Å². The smallest absolute Gasteiger partial charge is 0.220 e. The largest absolute Gasteiger partial charge is 0.369 e. The van der Waals surface area contributed by atoms with E-state index in [0.717, 1.165) is 18.8 Å². The van der Waals surface area contributed by atoms with E-state index in [1.807, 2.05) is 0 Å². The molecule has 0 radical (unpaired) electrons. The van der Waals surface area contributed by atoms with Crippen LogP contribution in [0.1, 0.15) is 19.8 Å². The third kappa shape index (κ3) is 0.831. The van der Waals surface area contributed by atoms with Crippen LogP contribution in [0.25, 0.3) is 0 Å². The predicted octanol–water partition coefficient (Wildman–Crippen LogP) is 0.518.